The quantitative estimate of drug-likeness (QED) is 0.400. The maximum atomic E-state index is 12.3. The van der Waals surface area contributed by atoms with Crippen LogP contribution in [0.2, 0.25) is 0 Å². The van der Waals surface area contributed by atoms with E-state index < -0.39 is 40.3 Å². The fraction of sp³-hybridized carbons (Fsp3) is 0.250. The summed E-state index contributed by atoms with van der Waals surface area (Å²) in [6, 6.07) is 0. The molecule has 0 heterocycles. The van der Waals surface area contributed by atoms with Crippen molar-refractivity contribution in [3.05, 3.63) is 11.1 Å². The Balaban J connectivity index is 3.68. The van der Waals surface area contributed by atoms with Gasteiger partial charge < -0.3 is 20.4 Å². The normalized spacial score (nSPS) is 11.7. The zero-order valence-corrected chi connectivity index (χ0v) is 7.42. The number of rotatable bonds is 0. The van der Waals surface area contributed by atoms with Gasteiger partial charge in [-0.3, -0.25) is 0 Å². The number of phenolic OH excluding ortho intramolecular Hbond substituents is 4. The van der Waals surface area contributed by atoms with E-state index in [9.17, 15) is 13.2 Å². The first-order valence-electron chi connectivity index (χ1n) is 3.71. The molecule has 0 unspecified atom stereocenters. The predicted molar refractivity (Wildman–Crippen MR) is 42.8 cm³/mol. The molecule has 0 atom stereocenters. The molecule has 0 saturated heterocycles. The van der Waals surface area contributed by atoms with Crippen LogP contribution in [0.3, 0.4) is 0 Å². The molecular formula is C8H7F3O4. The van der Waals surface area contributed by atoms with E-state index in [0.717, 1.165) is 6.92 Å². The summed E-state index contributed by atoms with van der Waals surface area (Å²) in [6.45, 7) is 0.971. The highest BCUT2D eigenvalue weighted by Crippen LogP contribution is 2.51. The van der Waals surface area contributed by atoms with Crippen LogP contribution in [0.1, 0.15) is 11.1 Å². The van der Waals surface area contributed by atoms with Gasteiger partial charge in [-0.25, -0.2) is 0 Å². The van der Waals surface area contributed by atoms with Crippen molar-refractivity contribution in [3.8, 4) is 23.0 Å². The van der Waals surface area contributed by atoms with Gasteiger partial charge in [0.15, 0.2) is 11.5 Å². The van der Waals surface area contributed by atoms with Gasteiger partial charge in [-0.1, -0.05) is 0 Å². The first kappa shape index (κ1) is 11.3. The van der Waals surface area contributed by atoms with E-state index in [1.807, 2.05) is 0 Å². The van der Waals surface area contributed by atoms with Gasteiger partial charge in [-0.05, 0) is 6.92 Å². The van der Waals surface area contributed by atoms with Crippen molar-refractivity contribution in [2.75, 3.05) is 0 Å². The van der Waals surface area contributed by atoms with Crippen molar-refractivity contribution in [2.45, 2.75) is 13.1 Å². The first-order valence-corrected chi connectivity index (χ1v) is 3.71. The first-order chi connectivity index (χ1) is 6.68. The molecule has 0 amide bonds. The third-order valence-corrected chi connectivity index (χ3v) is 1.92. The van der Waals surface area contributed by atoms with Crippen LogP contribution in [0.5, 0.6) is 23.0 Å². The smallest absolute Gasteiger partial charge is 0.423 e. The Labute approximate surface area is 81.8 Å². The molecule has 0 saturated carbocycles. The topological polar surface area (TPSA) is 80.9 Å². The Morgan fingerprint density at radius 2 is 1.27 bits per heavy atom. The lowest BCUT2D eigenvalue weighted by molar-refractivity contribution is -0.140. The van der Waals surface area contributed by atoms with Crippen LogP contribution >= 0.6 is 0 Å². The van der Waals surface area contributed by atoms with Crippen LogP contribution in [-0.2, 0) is 6.18 Å². The third-order valence-electron chi connectivity index (χ3n) is 1.92. The summed E-state index contributed by atoms with van der Waals surface area (Å²) in [6.07, 6.45) is -5.02. The molecule has 0 fully saturated rings. The molecular weight excluding hydrogens is 217 g/mol. The van der Waals surface area contributed by atoms with E-state index >= 15 is 0 Å². The van der Waals surface area contributed by atoms with E-state index in [0.29, 0.717) is 0 Å². The van der Waals surface area contributed by atoms with Crippen molar-refractivity contribution in [1.29, 1.82) is 0 Å². The average molecular weight is 224 g/mol. The fourth-order valence-electron chi connectivity index (χ4n) is 1.09. The molecule has 1 rings (SSSR count). The molecule has 0 radical (unpaired) electrons. The van der Waals surface area contributed by atoms with E-state index in [1.54, 1.807) is 0 Å². The summed E-state index contributed by atoms with van der Waals surface area (Å²) in [4.78, 5) is 0. The summed E-state index contributed by atoms with van der Waals surface area (Å²) in [7, 11) is 0. The second-order valence-corrected chi connectivity index (χ2v) is 2.89. The lowest BCUT2D eigenvalue weighted by Gasteiger charge is -2.15. The Hall–Kier alpha value is -1.79. The van der Waals surface area contributed by atoms with E-state index in [-0.39, 0.29) is 0 Å². The number of benzene rings is 1. The molecule has 4 N–H and O–H groups in total. The number of halogens is 3. The van der Waals surface area contributed by atoms with Gasteiger partial charge in [-0.2, -0.15) is 13.2 Å². The number of alkyl halides is 3. The van der Waals surface area contributed by atoms with Gasteiger partial charge in [0.05, 0.1) is 0 Å². The van der Waals surface area contributed by atoms with Crippen LogP contribution in [0.4, 0.5) is 13.2 Å². The summed E-state index contributed by atoms with van der Waals surface area (Å²) in [5, 5.41) is 36.0. The van der Waals surface area contributed by atoms with Gasteiger partial charge in [0.25, 0.3) is 0 Å². The van der Waals surface area contributed by atoms with Crippen molar-refractivity contribution in [2.24, 2.45) is 0 Å². The summed E-state index contributed by atoms with van der Waals surface area (Å²) >= 11 is 0. The fourth-order valence-corrected chi connectivity index (χ4v) is 1.09. The summed E-state index contributed by atoms with van der Waals surface area (Å²) in [5.41, 5.74) is -2.33. The van der Waals surface area contributed by atoms with Crippen LogP contribution in [-0.4, -0.2) is 20.4 Å². The molecule has 84 valence electrons. The minimum absolute atomic E-state index is 0.558. The molecule has 0 aliphatic carbocycles. The average Bonchev–Trinajstić information content (AvgIpc) is 2.09. The molecule has 7 heteroatoms. The number of aromatic hydroxyl groups is 4. The number of hydrogen-bond donors (Lipinski definition) is 4. The molecule has 0 aliphatic heterocycles. The predicted octanol–water partition coefficient (Wildman–Crippen LogP) is 1.84. The Kier molecular flexibility index (Phi) is 2.34. The van der Waals surface area contributed by atoms with Crippen molar-refractivity contribution in [1.82, 2.24) is 0 Å². The maximum Gasteiger partial charge on any atom is 0.423 e. The summed E-state index contributed by atoms with van der Waals surface area (Å²) in [5.74, 6) is -5.20. The largest absolute Gasteiger partial charge is 0.507 e. The minimum Gasteiger partial charge on any atom is -0.507 e. The van der Waals surface area contributed by atoms with Crippen molar-refractivity contribution >= 4 is 0 Å². The standard InChI is InChI=1S/C8H7F3O4/c1-2-4(12)3(8(9,10)11)6(14)7(15)5(2)13/h12-15H,1H3. The van der Waals surface area contributed by atoms with Crippen molar-refractivity contribution in [3.63, 3.8) is 0 Å². The second kappa shape index (κ2) is 3.11. The molecule has 1 aromatic carbocycles. The molecule has 0 spiro atoms. The Bertz CT molecular complexity index is 382. The molecule has 0 aromatic heterocycles. The highest BCUT2D eigenvalue weighted by molar-refractivity contribution is 5.64. The Morgan fingerprint density at radius 1 is 0.800 bits per heavy atom. The highest BCUT2D eigenvalue weighted by atomic mass is 19.4. The zero-order valence-electron chi connectivity index (χ0n) is 7.42. The van der Waals surface area contributed by atoms with Gasteiger partial charge in [0.1, 0.15) is 11.3 Å². The monoisotopic (exact) mass is 224 g/mol. The van der Waals surface area contributed by atoms with Gasteiger partial charge in [0, 0.05) is 5.56 Å². The van der Waals surface area contributed by atoms with E-state index in [4.69, 9.17) is 20.4 Å². The number of phenols is 4. The molecule has 15 heavy (non-hydrogen) atoms. The van der Waals surface area contributed by atoms with Crippen LogP contribution < -0.4 is 0 Å². The highest BCUT2D eigenvalue weighted by Gasteiger charge is 2.40. The molecule has 0 aliphatic rings. The molecule has 0 bridgehead atoms. The molecule has 1 aromatic rings. The maximum absolute atomic E-state index is 12.3. The van der Waals surface area contributed by atoms with Gasteiger partial charge in [0.2, 0.25) is 5.75 Å². The minimum atomic E-state index is -5.02. The number of hydrogen-bond acceptors (Lipinski definition) is 4. The summed E-state index contributed by atoms with van der Waals surface area (Å²) < 4.78 is 36.9. The van der Waals surface area contributed by atoms with Crippen LogP contribution in [0.15, 0.2) is 0 Å². The van der Waals surface area contributed by atoms with Gasteiger partial charge >= 0.3 is 6.18 Å². The van der Waals surface area contributed by atoms with E-state index in [2.05, 4.69) is 0 Å². The van der Waals surface area contributed by atoms with Crippen LogP contribution in [0.25, 0.3) is 0 Å². The third kappa shape index (κ3) is 1.60. The Morgan fingerprint density at radius 3 is 1.67 bits per heavy atom. The SMILES string of the molecule is Cc1c(O)c(O)c(O)c(C(F)(F)F)c1O. The van der Waals surface area contributed by atoms with E-state index in [1.165, 1.54) is 0 Å². The van der Waals surface area contributed by atoms with Gasteiger partial charge in [-0.15, -0.1) is 0 Å². The lowest BCUT2D eigenvalue weighted by atomic mass is 10.1. The van der Waals surface area contributed by atoms with Crippen LogP contribution in [0, 0.1) is 6.92 Å². The second-order valence-electron chi connectivity index (χ2n) is 2.89. The lowest BCUT2D eigenvalue weighted by Crippen LogP contribution is -2.06. The van der Waals surface area contributed by atoms with Crippen molar-refractivity contribution < 1.29 is 33.6 Å². The zero-order chi connectivity index (χ0) is 12.0. The molecule has 4 nitrogen and oxygen atoms in total.